The molecule has 45 heavy (non-hydrogen) atoms. The van der Waals surface area contributed by atoms with Gasteiger partial charge < -0.3 is 4.42 Å². The average Bonchev–Trinajstić information content (AvgIpc) is 3.48. The highest BCUT2D eigenvalue weighted by Crippen LogP contribution is 2.50. The Labute approximate surface area is 259 Å². The number of hydrogen-bond acceptors (Lipinski definition) is 1. The SMILES string of the molecule is c1ccc2cc(-c3c4ccccc4c(-c4c5ccccc5cc5oc6c7ccccc7ccc6c45)c4ccccc34)ccc2c1. The zero-order valence-electron chi connectivity index (χ0n) is 24.4. The summed E-state index contributed by atoms with van der Waals surface area (Å²) in [6, 6.07) is 57.3. The van der Waals surface area contributed by atoms with E-state index in [1.54, 1.807) is 0 Å². The molecule has 0 spiro atoms. The first-order valence-corrected chi connectivity index (χ1v) is 15.5. The van der Waals surface area contributed by atoms with Crippen molar-refractivity contribution in [3.63, 3.8) is 0 Å². The van der Waals surface area contributed by atoms with Gasteiger partial charge in [0.2, 0.25) is 0 Å². The molecule has 1 nitrogen and oxygen atoms in total. The van der Waals surface area contributed by atoms with Crippen LogP contribution in [0.2, 0.25) is 0 Å². The molecule has 0 bridgehead atoms. The number of fused-ring (bicyclic) bond motifs is 9. The zero-order valence-corrected chi connectivity index (χ0v) is 24.4. The van der Waals surface area contributed by atoms with E-state index >= 15 is 0 Å². The smallest absolute Gasteiger partial charge is 0.143 e. The first-order chi connectivity index (χ1) is 22.3. The van der Waals surface area contributed by atoms with Crippen LogP contribution in [0, 0.1) is 0 Å². The predicted octanol–water partition coefficient (Wildman–Crippen LogP) is 12.7. The molecule has 0 N–H and O–H groups in total. The lowest BCUT2D eigenvalue weighted by atomic mass is 9.83. The van der Waals surface area contributed by atoms with Crippen LogP contribution < -0.4 is 0 Å². The maximum atomic E-state index is 6.79. The fraction of sp³-hybridized carbons (Fsp3) is 0. The topological polar surface area (TPSA) is 13.1 Å². The van der Waals surface area contributed by atoms with Crippen molar-refractivity contribution >= 4 is 75.8 Å². The Kier molecular flexibility index (Phi) is 5.06. The average molecular weight is 571 g/mol. The molecule has 1 heteroatoms. The molecule has 0 fully saturated rings. The molecular formula is C44H26O. The highest BCUT2D eigenvalue weighted by Gasteiger charge is 2.23. The van der Waals surface area contributed by atoms with Gasteiger partial charge in [0.25, 0.3) is 0 Å². The van der Waals surface area contributed by atoms with E-state index in [0.29, 0.717) is 0 Å². The summed E-state index contributed by atoms with van der Waals surface area (Å²) in [6.07, 6.45) is 0. The third kappa shape index (κ3) is 3.50. The molecule has 208 valence electrons. The maximum absolute atomic E-state index is 6.79. The minimum atomic E-state index is 0.918. The van der Waals surface area contributed by atoms with E-state index in [1.165, 1.54) is 76.1 Å². The summed E-state index contributed by atoms with van der Waals surface area (Å²) in [4.78, 5) is 0. The van der Waals surface area contributed by atoms with Crippen LogP contribution in [0.5, 0.6) is 0 Å². The Bertz CT molecular complexity index is 2760. The van der Waals surface area contributed by atoms with Gasteiger partial charge in [-0.1, -0.05) is 140 Å². The van der Waals surface area contributed by atoms with Crippen molar-refractivity contribution in [2.45, 2.75) is 0 Å². The van der Waals surface area contributed by atoms with E-state index in [2.05, 4.69) is 158 Å². The molecule has 0 aliphatic heterocycles. The third-order valence-electron chi connectivity index (χ3n) is 9.59. The minimum Gasteiger partial charge on any atom is -0.455 e. The fourth-order valence-electron chi connectivity index (χ4n) is 7.64. The molecular weight excluding hydrogens is 544 g/mol. The first-order valence-electron chi connectivity index (χ1n) is 15.5. The van der Waals surface area contributed by atoms with Gasteiger partial charge in [-0.25, -0.2) is 0 Å². The molecule has 0 radical (unpaired) electrons. The molecule has 0 saturated heterocycles. The Hall–Kier alpha value is -5.92. The normalized spacial score (nSPS) is 12.0. The molecule has 10 aromatic rings. The highest BCUT2D eigenvalue weighted by atomic mass is 16.3. The second kappa shape index (κ2) is 9.29. The highest BCUT2D eigenvalue weighted by molar-refractivity contribution is 6.31. The van der Waals surface area contributed by atoms with Crippen molar-refractivity contribution in [3.05, 3.63) is 158 Å². The van der Waals surface area contributed by atoms with Gasteiger partial charge in [0, 0.05) is 21.7 Å². The summed E-state index contributed by atoms with van der Waals surface area (Å²) in [6.45, 7) is 0. The molecule has 1 aromatic heterocycles. The zero-order chi connectivity index (χ0) is 29.5. The first kappa shape index (κ1) is 24.5. The van der Waals surface area contributed by atoms with Gasteiger partial charge in [-0.2, -0.15) is 0 Å². The molecule has 9 aromatic carbocycles. The van der Waals surface area contributed by atoms with Crippen molar-refractivity contribution in [1.29, 1.82) is 0 Å². The van der Waals surface area contributed by atoms with E-state index in [-0.39, 0.29) is 0 Å². The molecule has 0 amide bonds. The largest absolute Gasteiger partial charge is 0.455 e. The van der Waals surface area contributed by atoms with E-state index in [9.17, 15) is 0 Å². The third-order valence-corrected chi connectivity index (χ3v) is 9.59. The van der Waals surface area contributed by atoms with Crippen molar-refractivity contribution in [2.24, 2.45) is 0 Å². The van der Waals surface area contributed by atoms with Gasteiger partial charge >= 0.3 is 0 Å². The summed E-state index contributed by atoms with van der Waals surface area (Å²) in [5, 5.41) is 14.5. The Morgan fingerprint density at radius 3 is 1.56 bits per heavy atom. The van der Waals surface area contributed by atoms with Gasteiger partial charge in [-0.3, -0.25) is 0 Å². The van der Waals surface area contributed by atoms with Crippen molar-refractivity contribution in [1.82, 2.24) is 0 Å². The van der Waals surface area contributed by atoms with E-state index in [0.717, 1.165) is 21.9 Å². The summed E-state index contributed by atoms with van der Waals surface area (Å²) in [5.74, 6) is 0. The van der Waals surface area contributed by atoms with Crippen LogP contribution in [0.25, 0.3) is 98.1 Å². The van der Waals surface area contributed by atoms with E-state index in [1.807, 2.05) is 0 Å². The summed E-state index contributed by atoms with van der Waals surface area (Å²) < 4.78 is 6.79. The summed E-state index contributed by atoms with van der Waals surface area (Å²) in [5.41, 5.74) is 6.85. The predicted molar refractivity (Wildman–Crippen MR) is 192 cm³/mol. The van der Waals surface area contributed by atoms with Crippen molar-refractivity contribution < 1.29 is 4.42 Å². The van der Waals surface area contributed by atoms with Gasteiger partial charge in [-0.05, 0) is 83.4 Å². The van der Waals surface area contributed by atoms with Crippen molar-refractivity contribution in [3.8, 4) is 22.3 Å². The van der Waals surface area contributed by atoms with Crippen LogP contribution in [0.3, 0.4) is 0 Å². The minimum absolute atomic E-state index is 0.918. The Morgan fingerprint density at radius 1 is 0.311 bits per heavy atom. The maximum Gasteiger partial charge on any atom is 0.143 e. The number of benzene rings is 9. The summed E-state index contributed by atoms with van der Waals surface area (Å²) >= 11 is 0. The van der Waals surface area contributed by atoms with Gasteiger partial charge in [0.15, 0.2) is 0 Å². The molecule has 0 aliphatic carbocycles. The van der Waals surface area contributed by atoms with E-state index < -0.39 is 0 Å². The Morgan fingerprint density at radius 2 is 0.844 bits per heavy atom. The van der Waals surface area contributed by atoms with Crippen LogP contribution in [-0.2, 0) is 0 Å². The lowest BCUT2D eigenvalue weighted by Crippen LogP contribution is -1.92. The number of hydrogen-bond donors (Lipinski definition) is 0. The van der Waals surface area contributed by atoms with Crippen molar-refractivity contribution in [2.75, 3.05) is 0 Å². The standard InChI is InChI=1S/C44H26O/c1-2-13-29-25-31(22-21-27(29)11-1)40-34-17-7-9-19-36(34)41(37-20-10-8-18-35(37)40)43-32-15-5-4-14-30(32)26-39-42(43)38-24-23-28-12-3-6-16-33(28)44(38)45-39/h1-26H. The van der Waals surface area contributed by atoms with Crippen LogP contribution in [-0.4, -0.2) is 0 Å². The second-order valence-electron chi connectivity index (χ2n) is 12.0. The Balaban J connectivity index is 1.42. The quantitative estimate of drug-likeness (QED) is 0.188. The van der Waals surface area contributed by atoms with Gasteiger partial charge in [-0.15, -0.1) is 0 Å². The lowest BCUT2D eigenvalue weighted by molar-refractivity contribution is 0.673. The van der Waals surface area contributed by atoms with Crippen LogP contribution in [0.4, 0.5) is 0 Å². The van der Waals surface area contributed by atoms with Crippen LogP contribution >= 0.6 is 0 Å². The monoisotopic (exact) mass is 570 g/mol. The van der Waals surface area contributed by atoms with Crippen LogP contribution in [0.1, 0.15) is 0 Å². The molecule has 1 heterocycles. The lowest BCUT2D eigenvalue weighted by Gasteiger charge is -2.19. The molecule has 0 aliphatic rings. The number of rotatable bonds is 2. The fourth-order valence-corrected chi connectivity index (χ4v) is 7.64. The summed E-state index contributed by atoms with van der Waals surface area (Å²) in [7, 11) is 0. The van der Waals surface area contributed by atoms with Gasteiger partial charge in [0.05, 0.1) is 0 Å². The second-order valence-corrected chi connectivity index (χ2v) is 12.0. The molecule has 10 rings (SSSR count). The number of furan rings is 1. The van der Waals surface area contributed by atoms with Crippen LogP contribution in [0.15, 0.2) is 162 Å². The van der Waals surface area contributed by atoms with E-state index in [4.69, 9.17) is 4.42 Å². The van der Waals surface area contributed by atoms with Gasteiger partial charge in [0.1, 0.15) is 11.2 Å². The molecule has 0 atom stereocenters. The molecule has 0 saturated carbocycles. The molecule has 0 unspecified atom stereocenters.